The zero-order valence-corrected chi connectivity index (χ0v) is 14.9. The summed E-state index contributed by atoms with van der Waals surface area (Å²) in [5.74, 6) is 0.112. The van der Waals surface area contributed by atoms with Crippen molar-refractivity contribution in [2.75, 3.05) is 12.4 Å². The highest BCUT2D eigenvalue weighted by molar-refractivity contribution is 6.37. The second-order valence-electron chi connectivity index (χ2n) is 5.77. The molecule has 1 saturated carbocycles. The van der Waals surface area contributed by atoms with Crippen LogP contribution in [-0.4, -0.2) is 18.6 Å². The van der Waals surface area contributed by atoms with Crippen molar-refractivity contribution in [1.82, 2.24) is 0 Å². The number of carbonyl (C=O) groups is 1. The molecule has 0 aliphatic heterocycles. The van der Waals surface area contributed by atoms with Crippen LogP contribution in [0.1, 0.15) is 32.6 Å². The molecular formula is C15H21Cl3N2O2. The third-order valence-corrected chi connectivity index (χ3v) is 4.60. The van der Waals surface area contributed by atoms with Gasteiger partial charge in [-0.2, -0.15) is 0 Å². The molecule has 3 N–H and O–H groups in total. The topological polar surface area (TPSA) is 64.3 Å². The first-order valence-corrected chi connectivity index (χ1v) is 7.73. The van der Waals surface area contributed by atoms with E-state index in [1.54, 1.807) is 12.1 Å². The van der Waals surface area contributed by atoms with Gasteiger partial charge in [0.1, 0.15) is 0 Å². The highest BCUT2D eigenvalue weighted by Crippen LogP contribution is 2.37. The molecule has 22 heavy (non-hydrogen) atoms. The van der Waals surface area contributed by atoms with Gasteiger partial charge >= 0.3 is 0 Å². The minimum atomic E-state index is -0.470. The summed E-state index contributed by atoms with van der Waals surface area (Å²) in [5, 5.41) is 3.58. The minimum absolute atomic E-state index is 0. The van der Waals surface area contributed by atoms with Gasteiger partial charge in [0.25, 0.3) is 0 Å². The molecule has 1 amide bonds. The number of benzene rings is 1. The van der Waals surface area contributed by atoms with Gasteiger partial charge in [-0.25, -0.2) is 0 Å². The molecule has 0 bridgehead atoms. The fraction of sp³-hybridized carbons (Fsp3) is 0.533. The van der Waals surface area contributed by atoms with Crippen molar-refractivity contribution in [1.29, 1.82) is 0 Å². The molecule has 7 heteroatoms. The summed E-state index contributed by atoms with van der Waals surface area (Å²) in [6.07, 6.45) is 3.75. The van der Waals surface area contributed by atoms with Crippen molar-refractivity contribution in [3.8, 4) is 5.75 Å². The third kappa shape index (κ3) is 4.19. The Balaban J connectivity index is 0.00000242. The van der Waals surface area contributed by atoms with Gasteiger partial charge in [-0.15, -0.1) is 12.4 Å². The molecule has 1 aromatic rings. The summed E-state index contributed by atoms with van der Waals surface area (Å²) in [6, 6.07) is 3.25. The van der Waals surface area contributed by atoms with E-state index in [-0.39, 0.29) is 24.2 Å². The molecular weight excluding hydrogens is 347 g/mol. The predicted octanol–water partition coefficient (Wildman–Crippen LogP) is 4.27. The van der Waals surface area contributed by atoms with Crippen molar-refractivity contribution in [3.05, 3.63) is 22.2 Å². The van der Waals surface area contributed by atoms with Crippen molar-refractivity contribution in [2.45, 2.75) is 38.1 Å². The summed E-state index contributed by atoms with van der Waals surface area (Å²) in [5.41, 5.74) is 6.33. The van der Waals surface area contributed by atoms with E-state index in [0.717, 1.165) is 25.7 Å². The first-order chi connectivity index (χ1) is 9.85. The Bertz CT molecular complexity index is 527. The quantitative estimate of drug-likeness (QED) is 0.838. The zero-order valence-electron chi connectivity index (χ0n) is 12.6. The maximum absolute atomic E-state index is 12.5. The van der Waals surface area contributed by atoms with E-state index in [0.29, 0.717) is 21.5 Å². The van der Waals surface area contributed by atoms with Crippen LogP contribution in [0.25, 0.3) is 0 Å². The maximum Gasteiger partial charge on any atom is 0.229 e. The van der Waals surface area contributed by atoms with Gasteiger partial charge in [0.2, 0.25) is 5.91 Å². The van der Waals surface area contributed by atoms with Crippen LogP contribution >= 0.6 is 35.6 Å². The average molecular weight is 368 g/mol. The number of methoxy groups -OCH3 is 1. The largest absolute Gasteiger partial charge is 0.494 e. The van der Waals surface area contributed by atoms with Crippen LogP contribution in [-0.2, 0) is 4.79 Å². The number of amides is 1. The van der Waals surface area contributed by atoms with Crippen molar-refractivity contribution in [3.63, 3.8) is 0 Å². The molecule has 2 rings (SSSR count). The van der Waals surface area contributed by atoms with Gasteiger partial charge in [0.15, 0.2) is 5.75 Å². The Morgan fingerprint density at radius 1 is 1.36 bits per heavy atom. The van der Waals surface area contributed by atoms with Crippen LogP contribution in [0.5, 0.6) is 5.75 Å². The van der Waals surface area contributed by atoms with Gasteiger partial charge in [-0.05, 0) is 31.9 Å². The normalized spacial score (nSPS) is 24.3. The Morgan fingerprint density at radius 2 is 1.95 bits per heavy atom. The van der Waals surface area contributed by atoms with Gasteiger partial charge in [-0.1, -0.05) is 36.0 Å². The first-order valence-electron chi connectivity index (χ1n) is 6.98. The van der Waals surface area contributed by atoms with Gasteiger partial charge in [0, 0.05) is 11.2 Å². The fourth-order valence-corrected chi connectivity index (χ4v) is 3.49. The number of carbonyl (C=O) groups excluding carboxylic acids is 1. The SMILES string of the molecule is COc1c(Cl)cc(NC(=O)C2CCCCC2(C)N)cc1Cl.Cl. The molecule has 0 heterocycles. The Kier molecular flexibility index (Phi) is 6.81. The van der Waals surface area contributed by atoms with E-state index >= 15 is 0 Å². The fourth-order valence-electron chi connectivity index (χ4n) is 2.85. The van der Waals surface area contributed by atoms with Crippen LogP contribution in [0.2, 0.25) is 10.0 Å². The summed E-state index contributed by atoms with van der Waals surface area (Å²) < 4.78 is 5.09. The minimum Gasteiger partial charge on any atom is -0.494 e. The van der Waals surface area contributed by atoms with Gasteiger partial charge in [-0.3, -0.25) is 4.79 Å². The van der Waals surface area contributed by atoms with Crippen LogP contribution < -0.4 is 15.8 Å². The lowest BCUT2D eigenvalue weighted by Crippen LogP contribution is -2.51. The van der Waals surface area contributed by atoms with Crippen molar-refractivity contribution in [2.24, 2.45) is 11.7 Å². The van der Waals surface area contributed by atoms with Gasteiger partial charge in [0.05, 0.1) is 23.1 Å². The predicted molar refractivity (Wildman–Crippen MR) is 93.4 cm³/mol. The lowest BCUT2D eigenvalue weighted by molar-refractivity contribution is -0.122. The maximum atomic E-state index is 12.5. The van der Waals surface area contributed by atoms with Crippen LogP contribution in [0.15, 0.2) is 12.1 Å². The lowest BCUT2D eigenvalue weighted by Gasteiger charge is -2.37. The van der Waals surface area contributed by atoms with Crippen molar-refractivity contribution >= 4 is 47.2 Å². The molecule has 124 valence electrons. The Morgan fingerprint density at radius 3 is 2.45 bits per heavy atom. The van der Waals surface area contributed by atoms with Crippen LogP contribution in [0.3, 0.4) is 0 Å². The molecule has 1 aliphatic rings. The average Bonchev–Trinajstić information content (AvgIpc) is 2.37. The molecule has 2 unspecified atom stereocenters. The van der Waals surface area contributed by atoms with E-state index in [4.69, 9.17) is 33.7 Å². The van der Waals surface area contributed by atoms with Crippen molar-refractivity contribution < 1.29 is 9.53 Å². The summed E-state index contributed by atoms with van der Waals surface area (Å²) in [6.45, 7) is 1.93. The number of nitrogens with one attached hydrogen (secondary N) is 1. The Hall–Kier alpha value is -0.680. The van der Waals surface area contributed by atoms with E-state index in [9.17, 15) is 4.79 Å². The molecule has 1 aliphatic carbocycles. The number of ether oxygens (including phenoxy) is 1. The monoisotopic (exact) mass is 366 g/mol. The second-order valence-corrected chi connectivity index (χ2v) is 6.58. The molecule has 0 saturated heterocycles. The molecule has 0 spiro atoms. The molecule has 0 aromatic heterocycles. The number of hydrogen-bond donors (Lipinski definition) is 2. The number of anilines is 1. The van der Waals surface area contributed by atoms with E-state index in [2.05, 4.69) is 5.32 Å². The number of hydrogen-bond acceptors (Lipinski definition) is 3. The van der Waals surface area contributed by atoms with Gasteiger partial charge < -0.3 is 15.8 Å². The molecule has 0 radical (unpaired) electrons. The summed E-state index contributed by atoms with van der Waals surface area (Å²) >= 11 is 12.1. The second kappa shape index (κ2) is 7.73. The molecule has 2 atom stereocenters. The number of rotatable bonds is 3. The van der Waals surface area contributed by atoms with E-state index < -0.39 is 5.54 Å². The number of nitrogens with two attached hydrogens (primary N) is 1. The summed E-state index contributed by atoms with van der Waals surface area (Å²) in [7, 11) is 1.49. The lowest BCUT2D eigenvalue weighted by atomic mass is 9.74. The zero-order chi connectivity index (χ0) is 15.6. The highest BCUT2D eigenvalue weighted by atomic mass is 35.5. The van der Waals surface area contributed by atoms with Crippen LogP contribution in [0.4, 0.5) is 5.69 Å². The smallest absolute Gasteiger partial charge is 0.229 e. The molecule has 4 nitrogen and oxygen atoms in total. The number of halogens is 3. The Labute approximate surface area is 147 Å². The first kappa shape index (κ1) is 19.4. The van der Waals surface area contributed by atoms with E-state index in [1.165, 1.54) is 7.11 Å². The molecule has 1 fully saturated rings. The third-order valence-electron chi connectivity index (χ3n) is 4.04. The van der Waals surface area contributed by atoms with Crippen LogP contribution in [0, 0.1) is 5.92 Å². The summed E-state index contributed by atoms with van der Waals surface area (Å²) in [4.78, 5) is 12.5. The van der Waals surface area contributed by atoms with E-state index in [1.807, 2.05) is 6.92 Å². The highest BCUT2D eigenvalue weighted by Gasteiger charge is 2.37. The molecule has 1 aromatic carbocycles. The standard InChI is InChI=1S/C15H20Cl2N2O2.ClH/c1-15(18)6-4-3-5-10(15)14(20)19-9-7-11(16)13(21-2)12(17)8-9;/h7-8,10H,3-6,18H2,1-2H3,(H,19,20);1H.